The molecule has 2 aromatic carbocycles. The highest BCUT2D eigenvalue weighted by molar-refractivity contribution is 6.49. The van der Waals surface area contributed by atoms with Gasteiger partial charge in [0, 0.05) is 17.4 Å². The maximum absolute atomic E-state index is 13.6. The molecule has 0 fully saturated rings. The van der Waals surface area contributed by atoms with Crippen LogP contribution in [0.25, 0.3) is 11.3 Å². The quantitative estimate of drug-likeness (QED) is 0.466. The van der Waals surface area contributed by atoms with E-state index in [0.717, 1.165) is 6.07 Å². The smallest absolute Gasteiger partial charge is 0.360 e. The van der Waals surface area contributed by atoms with Crippen LogP contribution >= 0.6 is 0 Å². The van der Waals surface area contributed by atoms with Gasteiger partial charge in [0.25, 0.3) is 0 Å². The van der Waals surface area contributed by atoms with Gasteiger partial charge in [-0.25, -0.2) is 13.6 Å². The van der Waals surface area contributed by atoms with Gasteiger partial charge in [0.2, 0.25) is 5.78 Å². The Kier molecular flexibility index (Phi) is 4.77. The third-order valence-corrected chi connectivity index (χ3v) is 4.83. The average Bonchev–Trinajstić information content (AvgIpc) is 3.10. The number of hydrogen-bond donors (Lipinski definition) is 0. The van der Waals surface area contributed by atoms with Crippen LogP contribution in [0.4, 0.5) is 8.78 Å². The number of aromatic nitrogens is 1. The molecule has 0 saturated heterocycles. The molecule has 1 heterocycles. The summed E-state index contributed by atoms with van der Waals surface area (Å²) >= 11 is 0. The van der Waals surface area contributed by atoms with Gasteiger partial charge in [0.05, 0.1) is 11.1 Å². The van der Waals surface area contributed by atoms with E-state index in [0.29, 0.717) is 11.3 Å². The molecule has 0 bridgehead atoms. The molecule has 152 valence electrons. The third-order valence-electron chi connectivity index (χ3n) is 4.83. The molecule has 1 aliphatic rings. The van der Waals surface area contributed by atoms with Crippen LogP contribution in [0, 0.1) is 17.0 Å². The van der Waals surface area contributed by atoms with Crippen molar-refractivity contribution in [1.82, 2.24) is 5.16 Å². The molecular weight excluding hydrogens is 394 g/mol. The molecular formula is C22H16F2N2O4. The molecule has 0 aliphatic heterocycles. The lowest BCUT2D eigenvalue weighted by atomic mass is 9.74. The summed E-state index contributed by atoms with van der Waals surface area (Å²) in [4.78, 5) is 30.3. The van der Waals surface area contributed by atoms with Crippen LogP contribution in [-0.2, 0) is 11.3 Å². The first-order valence-corrected chi connectivity index (χ1v) is 9.11. The maximum atomic E-state index is 13.6. The Bertz CT molecular complexity index is 1200. The molecule has 0 saturated carbocycles. The van der Waals surface area contributed by atoms with Gasteiger partial charge in [-0.15, -0.1) is 0 Å². The van der Waals surface area contributed by atoms with Crippen molar-refractivity contribution in [3.8, 4) is 11.3 Å². The molecule has 0 amide bonds. The molecule has 30 heavy (non-hydrogen) atoms. The van der Waals surface area contributed by atoms with Crippen molar-refractivity contribution >= 4 is 17.5 Å². The first-order chi connectivity index (χ1) is 14.3. The van der Waals surface area contributed by atoms with Crippen molar-refractivity contribution in [3.63, 3.8) is 0 Å². The lowest BCUT2D eigenvalue weighted by Crippen LogP contribution is -2.38. The Hall–Kier alpha value is -3.68. The van der Waals surface area contributed by atoms with Crippen LogP contribution in [0.15, 0.2) is 58.2 Å². The largest absolute Gasteiger partial charge is 0.365 e. The second kappa shape index (κ2) is 7.29. The van der Waals surface area contributed by atoms with Gasteiger partial charge in [0.15, 0.2) is 0 Å². The van der Waals surface area contributed by atoms with E-state index >= 15 is 0 Å². The third kappa shape index (κ3) is 3.52. The minimum absolute atomic E-state index is 0.0133. The summed E-state index contributed by atoms with van der Waals surface area (Å²) in [6, 6.07) is 10.6. The molecule has 1 aromatic heterocycles. The number of fused-ring (bicyclic) bond motifs is 1. The summed E-state index contributed by atoms with van der Waals surface area (Å²) in [5, 5.41) is 7.75. The normalized spacial score (nSPS) is 16.4. The number of Topliss-reactive ketones (excluding diaryl/α,β-unsaturated/α-hetero) is 1. The molecule has 4 rings (SSSR count). The second-order valence-corrected chi connectivity index (χ2v) is 7.56. The van der Waals surface area contributed by atoms with E-state index in [2.05, 4.69) is 10.3 Å². The van der Waals surface area contributed by atoms with Gasteiger partial charge in [-0.3, -0.25) is 4.79 Å². The van der Waals surface area contributed by atoms with Crippen molar-refractivity contribution in [2.75, 3.05) is 0 Å². The van der Waals surface area contributed by atoms with Crippen LogP contribution in [0.5, 0.6) is 0 Å². The summed E-state index contributed by atoms with van der Waals surface area (Å²) in [5.74, 6) is -2.16. The number of ketones is 1. The van der Waals surface area contributed by atoms with Crippen molar-refractivity contribution < 1.29 is 27.7 Å². The standard InChI is InChI=1S/C22H16F2N2O4/c1-22(2)11-16-17(18(25-29-16)12-5-3-7-14(23)9-12)19(27)20(22)26-30-21(28)13-6-4-8-15(24)10-13/h3-10H,11H2,1-2H3/b26-20+. The van der Waals surface area contributed by atoms with Crippen LogP contribution < -0.4 is 0 Å². The highest BCUT2D eigenvalue weighted by Crippen LogP contribution is 2.38. The topological polar surface area (TPSA) is 81.8 Å². The SMILES string of the molecule is CC1(C)Cc2onc(-c3cccc(F)c3)c2C(=O)/C1=N\OC(=O)c1cccc(F)c1. The van der Waals surface area contributed by atoms with Gasteiger partial charge < -0.3 is 9.36 Å². The number of hydrogen-bond acceptors (Lipinski definition) is 6. The molecule has 0 spiro atoms. The lowest BCUT2D eigenvalue weighted by molar-refractivity contribution is 0.0510. The first kappa shape index (κ1) is 19.6. The van der Waals surface area contributed by atoms with Crippen LogP contribution in [0.1, 0.15) is 40.3 Å². The molecule has 0 unspecified atom stereocenters. The summed E-state index contributed by atoms with van der Waals surface area (Å²) in [6.45, 7) is 3.49. The maximum Gasteiger partial charge on any atom is 0.365 e. The van der Waals surface area contributed by atoms with Gasteiger partial charge in [0.1, 0.15) is 28.8 Å². The highest BCUT2D eigenvalue weighted by atomic mass is 19.1. The Morgan fingerprint density at radius 1 is 1.13 bits per heavy atom. The number of benzene rings is 2. The predicted molar refractivity (Wildman–Crippen MR) is 103 cm³/mol. The summed E-state index contributed by atoms with van der Waals surface area (Å²) < 4.78 is 32.3. The number of halogens is 2. The van der Waals surface area contributed by atoms with E-state index in [1.807, 2.05) is 0 Å². The van der Waals surface area contributed by atoms with Gasteiger partial charge in [-0.05, 0) is 30.3 Å². The summed E-state index contributed by atoms with van der Waals surface area (Å²) in [7, 11) is 0. The summed E-state index contributed by atoms with van der Waals surface area (Å²) in [5.41, 5.74) is -0.142. The fourth-order valence-corrected chi connectivity index (χ4v) is 3.34. The molecule has 0 atom stereocenters. The molecule has 1 aliphatic carbocycles. The average molecular weight is 410 g/mol. The predicted octanol–water partition coefficient (Wildman–Crippen LogP) is 4.60. The van der Waals surface area contributed by atoms with Crippen molar-refractivity contribution in [2.45, 2.75) is 20.3 Å². The number of oxime groups is 1. The highest BCUT2D eigenvalue weighted by Gasteiger charge is 2.43. The molecule has 0 radical (unpaired) electrons. The Labute approximate surface area is 170 Å². The fraction of sp³-hybridized carbons (Fsp3) is 0.182. The number of nitrogens with zero attached hydrogens (tertiary/aromatic N) is 2. The minimum Gasteiger partial charge on any atom is -0.360 e. The van der Waals surface area contributed by atoms with Gasteiger partial charge >= 0.3 is 5.97 Å². The van der Waals surface area contributed by atoms with Gasteiger partial charge in [-0.1, -0.05) is 42.4 Å². The number of carbonyl (C=O) groups excluding carboxylic acids is 2. The zero-order chi connectivity index (χ0) is 21.5. The van der Waals surface area contributed by atoms with Crippen molar-refractivity contribution in [2.24, 2.45) is 10.6 Å². The minimum atomic E-state index is -0.896. The zero-order valence-corrected chi connectivity index (χ0v) is 16.1. The number of rotatable bonds is 3. The van der Waals surface area contributed by atoms with Crippen LogP contribution in [0.2, 0.25) is 0 Å². The Balaban J connectivity index is 1.70. The Morgan fingerprint density at radius 3 is 2.53 bits per heavy atom. The lowest BCUT2D eigenvalue weighted by Gasteiger charge is -2.28. The molecule has 3 aromatic rings. The van der Waals surface area contributed by atoms with E-state index in [4.69, 9.17) is 9.36 Å². The van der Waals surface area contributed by atoms with Crippen LogP contribution in [-0.4, -0.2) is 22.6 Å². The Morgan fingerprint density at radius 2 is 1.83 bits per heavy atom. The number of carbonyl (C=O) groups is 2. The summed E-state index contributed by atoms with van der Waals surface area (Å²) in [6.07, 6.45) is 0.271. The van der Waals surface area contributed by atoms with E-state index in [-0.39, 0.29) is 29.0 Å². The molecule has 8 heteroatoms. The molecule has 6 nitrogen and oxygen atoms in total. The zero-order valence-electron chi connectivity index (χ0n) is 16.1. The van der Waals surface area contributed by atoms with Gasteiger partial charge in [-0.2, -0.15) is 0 Å². The van der Waals surface area contributed by atoms with E-state index in [1.165, 1.54) is 36.4 Å². The molecule has 0 N–H and O–H groups in total. The van der Waals surface area contributed by atoms with Crippen molar-refractivity contribution in [1.29, 1.82) is 0 Å². The monoisotopic (exact) mass is 410 g/mol. The van der Waals surface area contributed by atoms with E-state index in [1.54, 1.807) is 19.9 Å². The second-order valence-electron chi connectivity index (χ2n) is 7.56. The van der Waals surface area contributed by atoms with E-state index in [9.17, 15) is 18.4 Å². The fourth-order valence-electron chi connectivity index (χ4n) is 3.34. The van der Waals surface area contributed by atoms with E-state index < -0.39 is 28.8 Å². The van der Waals surface area contributed by atoms with Crippen molar-refractivity contribution in [3.05, 3.63) is 77.1 Å². The first-order valence-electron chi connectivity index (χ1n) is 9.11. The van der Waals surface area contributed by atoms with Crippen LogP contribution in [0.3, 0.4) is 0 Å².